The van der Waals surface area contributed by atoms with E-state index in [4.69, 9.17) is 0 Å². The minimum atomic E-state index is -0.840. The van der Waals surface area contributed by atoms with E-state index in [2.05, 4.69) is 22.2 Å². The number of carbonyl (C=O) groups is 1. The molecule has 122 valence electrons. The Labute approximate surface area is 133 Å². The number of nitrogens with zero attached hydrogens (tertiary/aromatic N) is 3. The molecule has 1 amide bonds. The number of halogens is 2. The minimum Gasteiger partial charge on any atom is -0.360 e. The van der Waals surface area contributed by atoms with E-state index in [0.717, 1.165) is 31.5 Å². The maximum atomic E-state index is 13.6. The summed E-state index contributed by atoms with van der Waals surface area (Å²) in [4.78, 5) is 22.1. The lowest BCUT2D eigenvalue weighted by Gasteiger charge is -2.17. The maximum absolute atomic E-state index is 13.6. The van der Waals surface area contributed by atoms with Gasteiger partial charge in [-0.2, -0.15) is 0 Å². The molecule has 2 rings (SSSR count). The Morgan fingerprint density at radius 2 is 2.04 bits per heavy atom. The van der Waals surface area contributed by atoms with E-state index in [9.17, 15) is 13.6 Å². The Morgan fingerprint density at radius 3 is 2.74 bits per heavy atom. The highest BCUT2D eigenvalue weighted by molar-refractivity contribution is 6.03. The number of aromatic nitrogens is 2. The maximum Gasteiger partial charge on any atom is 0.274 e. The van der Waals surface area contributed by atoms with Gasteiger partial charge in [-0.15, -0.1) is 0 Å². The smallest absolute Gasteiger partial charge is 0.274 e. The normalized spacial score (nSPS) is 10.4. The zero-order chi connectivity index (χ0) is 16.8. The Morgan fingerprint density at radius 1 is 1.26 bits per heavy atom. The SMILES string of the molecule is CCCCN(C)c1cc(C(=O)Nc2ccc(F)cc2F)ncn1. The van der Waals surface area contributed by atoms with E-state index in [0.29, 0.717) is 11.9 Å². The molecule has 0 bridgehead atoms. The molecule has 0 saturated carbocycles. The molecule has 0 aliphatic rings. The predicted molar refractivity (Wildman–Crippen MR) is 84.5 cm³/mol. The second-order valence-electron chi connectivity index (χ2n) is 5.11. The largest absolute Gasteiger partial charge is 0.360 e. The molecule has 0 saturated heterocycles. The lowest BCUT2D eigenvalue weighted by molar-refractivity contribution is 0.102. The molecule has 0 radical (unpaired) electrons. The van der Waals surface area contributed by atoms with Crippen LogP contribution >= 0.6 is 0 Å². The second kappa shape index (κ2) is 7.62. The summed E-state index contributed by atoms with van der Waals surface area (Å²) < 4.78 is 26.5. The monoisotopic (exact) mass is 320 g/mol. The number of unbranched alkanes of at least 4 members (excludes halogenated alkanes) is 1. The van der Waals surface area contributed by atoms with Gasteiger partial charge in [0.2, 0.25) is 0 Å². The number of carbonyl (C=O) groups excluding carboxylic acids is 1. The third-order valence-corrected chi connectivity index (χ3v) is 3.30. The standard InChI is InChI=1S/C16H18F2N4O/c1-3-4-7-22(2)15-9-14(19-10-20-15)16(23)21-13-6-5-11(17)8-12(13)18/h5-6,8-10H,3-4,7H2,1-2H3,(H,21,23). The van der Waals surface area contributed by atoms with Gasteiger partial charge >= 0.3 is 0 Å². The Bertz CT molecular complexity index is 694. The first-order valence-electron chi connectivity index (χ1n) is 7.31. The van der Waals surface area contributed by atoms with Crippen molar-refractivity contribution >= 4 is 17.4 Å². The molecule has 1 N–H and O–H groups in total. The van der Waals surface area contributed by atoms with E-state index < -0.39 is 17.5 Å². The van der Waals surface area contributed by atoms with Gasteiger partial charge in [0, 0.05) is 25.7 Å². The van der Waals surface area contributed by atoms with Crippen molar-refractivity contribution < 1.29 is 13.6 Å². The van der Waals surface area contributed by atoms with E-state index in [1.165, 1.54) is 12.4 Å². The molecule has 5 nitrogen and oxygen atoms in total. The highest BCUT2D eigenvalue weighted by Crippen LogP contribution is 2.17. The number of rotatable bonds is 6. The fraction of sp³-hybridized carbons (Fsp3) is 0.312. The van der Waals surface area contributed by atoms with Crippen LogP contribution in [0.4, 0.5) is 20.3 Å². The first kappa shape index (κ1) is 16.8. The minimum absolute atomic E-state index is 0.101. The lowest BCUT2D eigenvalue weighted by Crippen LogP contribution is -2.21. The quantitative estimate of drug-likeness (QED) is 0.888. The van der Waals surface area contributed by atoms with Crippen LogP contribution in [0.15, 0.2) is 30.6 Å². The van der Waals surface area contributed by atoms with Crippen LogP contribution in [0.2, 0.25) is 0 Å². The molecule has 7 heteroatoms. The molecule has 2 aromatic rings. The molecule has 0 aliphatic heterocycles. The van der Waals surface area contributed by atoms with Crippen molar-refractivity contribution in [1.29, 1.82) is 0 Å². The molecule has 23 heavy (non-hydrogen) atoms. The summed E-state index contributed by atoms with van der Waals surface area (Å²) >= 11 is 0. The molecule has 0 unspecified atom stereocenters. The molecule has 0 atom stereocenters. The van der Waals surface area contributed by atoms with Crippen molar-refractivity contribution in [1.82, 2.24) is 9.97 Å². The third-order valence-electron chi connectivity index (χ3n) is 3.30. The predicted octanol–water partition coefficient (Wildman–Crippen LogP) is 3.24. The number of benzene rings is 1. The first-order valence-corrected chi connectivity index (χ1v) is 7.31. The van der Waals surface area contributed by atoms with Gasteiger partial charge in [0.15, 0.2) is 0 Å². The molecule has 1 aromatic heterocycles. The highest BCUT2D eigenvalue weighted by Gasteiger charge is 2.13. The van der Waals surface area contributed by atoms with Gasteiger partial charge in [0.05, 0.1) is 5.69 Å². The fourth-order valence-electron chi connectivity index (χ4n) is 1.97. The van der Waals surface area contributed by atoms with E-state index in [1.54, 1.807) is 0 Å². The molecular formula is C16H18F2N4O. The number of hydrogen-bond acceptors (Lipinski definition) is 4. The highest BCUT2D eigenvalue weighted by atomic mass is 19.1. The van der Waals surface area contributed by atoms with Crippen molar-refractivity contribution in [2.45, 2.75) is 19.8 Å². The van der Waals surface area contributed by atoms with Crippen molar-refractivity contribution in [2.75, 3.05) is 23.8 Å². The van der Waals surface area contributed by atoms with Gasteiger partial charge in [-0.3, -0.25) is 4.79 Å². The van der Waals surface area contributed by atoms with Crippen LogP contribution in [0.25, 0.3) is 0 Å². The average Bonchev–Trinajstić information content (AvgIpc) is 2.55. The summed E-state index contributed by atoms with van der Waals surface area (Å²) in [6.45, 7) is 2.89. The first-order chi connectivity index (χ1) is 11.0. The molecule has 0 spiro atoms. The Kier molecular flexibility index (Phi) is 5.56. The summed E-state index contributed by atoms with van der Waals surface area (Å²) in [5, 5.41) is 2.37. The molecule has 0 aliphatic carbocycles. The van der Waals surface area contributed by atoms with Gasteiger partial charge < -0.3 is 10.2 Å². The van der Waals surface area contributed by atoms with Crippen molar-refractivity contribution in [3.05, 3.63) is 47.9 Å². The number of nitrogens with one attached hydrogen (secondary N) is 1. The summed E-state index contributed by atoms with van der Waals surface area (Å²) in [5.74, 6) is -1.52. The van der Waals surface area contributed by atoms with Gasteiger partial charge in [0.1, 0.15) is 29.5 Å². The lowest BCUT2D eigenvalue weighted by atomic mass is 10.2. The molecule has 1 aromatic carbocycles. The Hall–Kier alpha value is -2.57. The van der Waals surface area contributed by atoms with E-state index >= 15 is 0 Å². The number of hydrogen-bond donors (Lipinski definition) is 1. The summed E-state index contributed by atoms with van der Waals surface area (Å²) in [6, 6.07) is 4.48. The second-order valence-corrected chi connectivity index (χ2v) is 5.11. The van der Waals surface area contributed by atoms with Crippen LogP contribution in [0, 0.1) is 11.6 Å². The fourth-order valence-corrected chi connectivity index (χ4v) is 1.97. The summed E-state index contributed by atoms with van der Waals surface area (Å²) in [5.41, 5.74) is 0.0120. The third kappa shape index (κ3) is 4.45. The molecule has 0 fully saturated rings. The van der Waals surface area contributed by atoms with Crippen LogP contribution in [0.3, 0.4) is 0 Å². The number of anilines is 2. The van der Waals surface area contributed by atoms with Gasteiger partial charge in [-0.25, -0.2) is 18.7 Å². The van der Waals surface area contributed by atoms with Gasteiger partial charge in [-0.1, -0.05) is 13.3 Å². The molecule has 1 heterocycles. The summed E-state index contributed by atoms with van der Waals surface area (Å²) in [6.07, 6.45) is 3.34. The Balaban J connectivity index is 2.13. The van der Waals surface area contributed by atoms with Crippen LogP contribution in [-0.2, 0) is 0 Å². The van der Waals surface area contributed by atoms with Crippen LogP contribution in [-0.4, -0.2) is 29.5 Å². The average molecular weight is 320 g/mol. The van der Waals surface area contributed by atoms with Crippen LogP contribution < -0.4 is 10.2 Å². The van der Waals surface area contributed by atoms with E-state index in [-0.39, 0.29) is 11.4 Å². The zero-order valence-electron chi connectivity index (χ0n) is 13.0. The zero-order valence-corrected chi connectivity index (χ0v) is 13.0. The van der Waals surface area contributed by atoms with E-state index in [1.807, 2.05) is 11.9 Å². The van der Waals surface area contributed by atoms with Crippen LogP contribution in [0.1, 0.15) is 30.3 Å². The van der Waals surface area contributed by atoms with Crippen molar-refractivity contribution in [3.63, 3.8) is 0 Å². The summed E-state index contributed by atoms with van der Waals surface area (Å²) in [7, 11) is 1.87. The van der Waals surface area contributed by atoms with Crippen molar-refractivity contribution in [2.24, 2.45) is 0 Å². The topological polar surface area (TPSA) is 58.1 Å². The molecular weight excluding hydrogens is 302 g/mol. The van der Waals surface area contributed by atoms with Gasteiger partial charge in [-0.05, 0) is 18.6 Å². The van der Waals surface area contributed by atoms with Gasteiger partial charge in [0.25, 0.3) is 5.91 Å². The van der Waals surface area contributed by atoms with Crippen LogP contribution in [0.5, 0.6) is 0 Å². The number of amides is 1. The van der Waals surface area contributed by atoms with Crippen molar-refractivity contribution in [3.8, 4) is 0 Å².